The molecule has 1 saturated carbocycles. The molecule has 0 N–H and O–H groups in total. The molecule has 0 spiro atoms. The van der Waals surface area contributed by atoms with Crippen molar-refractivity contribution in [3.63, 3.8) is 0 Å². The van der Waals surface area contributed by atoms with Crippen molar-refractivity contribution in [1.29, 1.82) is 0 Å². The van der Waals surface area contributed by atoms with E-state index in [-0.39, 0.29) is 11.9 Å². The second kappa shape index (κ2) is 6.31. The van der Waals surface area contributed by atoms with Crippen LogP contribution >= 0.6 is 15.9 Å². The third-order valence-corrected chi connectivity index (χ3v) is 3.27. The molecule has 4 nitrogen and oxygen atoms in total. The van der Waals surface area contributed by atoms with Crippen LogP contribution in [-0.2, 0) is 14.3 Å². The highest BCUT2D eigenvalue weighted by Crippen LogP contribution is 2.26. The first-order valence-corrected chi connectivity index (χ1v) is 6.55. The van der Waals surface area contributed by atoms with E-state index in [1.165, 1.54) is 0 Å². The summed E-state index contributed by atoms with van der Waals surface area (Å²) in [7, 11) is 1.60. The van der Waals surface area contributed by atoms with Crippen LogP contribution in [0.25, 0.3) is 0 Å². The molecular formula is C13H15BrO4. The number of carbonyl (C=O) groups excluding carboxylic acids is 1. The van der Waals surface area contributed by atoms with E-state index >= 15 is 0 Å². The minimum Gasteiger partial charge on any atom is -0.487 e. The molecule has 1 aliphatic rings. The Morgan fingerprint density at radius 2 is 2.00 bits per heavy atom. The third kappa shape index (κ3) is 3.31. The van der Waals surface area contributed by atoms with Crippen LogP contribution in [0.15, 0.2) is 28.7 Å². The zero-order chi connectivity index (χ0) is 13.0. The predicted octanol–water partition coefficient (Wildman–Crippen LogP) is 2.20. The monoisotopic (exact) mass is 314 g/mol. The van der Waals surface area contributed by atoms with Gasteiger partial charge in [-0.3, -0.25) is 4.79 Å². The van der Waals surface area contributed by atoms with E-state index in [0.717, 1.165) is 10.2 Å². The van der Waals surface area contributed by atoms with Gasteiger partial charge in [0.15, 0.2) is 11.9 Å². The van der Waals surface area contributed by atoms with Gasteiger partial charge in [-0.1, -0.05) is 15.9 Å². The largest absolute Gasteiger partial charge is 0.487 e. The predicted molar refractivity (Wildman–Crippen MR) is 69.8 cm³/mol. The standard InChI is InChI=1S/C13H15BrO4/c1-16-6-7-17-13-11(15)8-12(13)18-10-4-2-9(14)3-5-10/h2-5,12-13H,6-8H2,1H3. The minimum absolute atomic E-state index is 0.0909. The van der Waals surface area contributed by atoms with Crippen LogP contribution in [0.5, 0.6) is 5.75 Å². The molecule has 1 aliphatic carbocycles. The molecule has 0 amide bonds. The van der Waals surface area contributed by atoms with Crippen molar-refractivity contribution in [3.8, 4) is 5.75 Å². The van der Waals surface area contributed by atoms with E-state index in [0.29, 0.717) is 19.6 Å². The van der Waals surface area contributed by atoms with Gasteiger partial charge in [-0.05, 0) is 24.3 Å². The molecule has 1 aromatic carbocycles. The fraction of sp³-hybridized carbons (Fsp3) is 0.462. The summed E-state index contributed by atoms with van der Waals surface area (Å²) in [5.41, 5.74) is 0. The number of Topliss-reactive ketones (excluding diaryl/α,β-unsaturated/α-hetero) is 1. The van der Waals surface area contributed by atoms with Crippen LogP contribution < -0.4 is 4.74 Å². The van der Waals surface area contributed by atoms with Gasteiger partial charge in [-0.15, -0.1) is 0 Å². The third-order valence-electron chi connectivity index (χ3n) is 2.74. The molecule has 1 fully saturated rings. The van der Waals surface area contributed by atoms with Crippen LogP contribution in [-0.4, -0.2) is 38.3 Å². The number of hydrogen-bond acceptors (Lipinski definition) is 4. The lowest BCUT2D eigenvalue weighted by Crippen LogP contribution is -2.52. The average Bonchev–Trinajstić information content (AvgIpc) is 2.36. The molecule has 0 radical (unpaired) electrons. The first-order chi connectivity index (χ1) is 8.70. The first kappa shape index (κ1) is 13.5. The lowest BCUT2D eigenvalue weighted by Gasteiger charge is -2.34. The fourth-order valence-corrected chi connectivity index (χ4v) is 1.98. The van der Waals surface area contributed by atoms with Crippen LogP contribution in [0.1, 0.15) is 6.42 Å². The molecule has 5 heteroatoms. The number of methoxy groups -OCH3 is 1. The van der Waals surface area contributed by atoms with Gasteiger partial charge in [0.05, 0.1) is 13.2 Å². The Kier molecular flexibility index (Phi) is 4.74. The molecule has 2 atom stereocenters. The Morgan fingerprint density at radius 3 is 2.61 bits per heavy atom. The summed E-state index contributed by atoms with van der Waals surface area (Å²) in [6.07, 6.45) is -0.229. The molecule has 2 unspecified atom stereocenters. The molecule has 18 heavy (non-hydrogen) atoms. The highest BCUT2D eigenvalue weighted by molar-refractivity contribution is 9.10. The zero-order valence-electron chi connectivity index (χ0n) is 10.1. The molecule has 0 bridgehead atoms. The second-order valence-electron chi connectivity index (χ2n) is 4.06. The number of benzene rings is 1. The highest BCUT2D eigenvalue weighted by atomic mass is 79.9. The van der Waals surface area contributed by atoms with Crippen LogP contribution in [0.4, 0.5) is 0 Å². The average molecular weight is 315 g/mol. The Balaban J connectivity index is 1.85. The molecule has 98 valence electrons. The highest BCUT2D eigenvalue weighted by Gasteiger charge is 2.42. The Bertz CT molecular complexity index is 404. The summed E-state index contributed by atoms with van der Waals surface area (Å²) in [6.45, 7) is 0.891. The van der Waals surface area contributed by atoms with Crippen molar-refractivity contribution in [2.24, 2.45) is 0 Å². The first-order valence-electron chi connectivity index (χ1n) is 5.76. The van der Waals surface area contributed by atoms with Gasteiger partial charge in [0.25, 0.3) is 0 Å². The normalized spacial score (nSPS) is 22.7. The summed E-state index contributed by atoms with van der Waals surface area (Å²) >= 11 is 3.36. The lowest BCUT2D eigenvalue weighted by molar-refractivity contribution is -0.156. The van der Waals surface area contributed by atoms with E-state index in [1.54, 1.807) is 7.11 Å². The topological polar surface area (TPSA) is 44.8 Å². The maximum Gasteiger partial charge on any atom is 0.169 e. The molecule has 0 saturated heterocycles. The fourth-order valence-electron chi connectivity index (χ4n) is 1.72. The van der Waals surface area contributed by atoms with Crippen molar-refractivity contribution >= 4 is 21.7 Å². The van der Waals surface area contributed by atoms with Crippen molar-refractivity contribution in [2.75, 3.05) is 20.3 Å². The Labute approximate surface area is 114 Å². The van der Waals surface area contributed by atoms with Crippen molar-refractivity contribution in [2.45, 2.75) is 18.6 Å². The number of halogens is 1. The number of ether oxygens (including phenoxy) is 3. The molecule has 0 aliphatic heterocycles. The van der Waals surface area contributed by atoms with Gasteiger partial charge < -0.3 is 14.2 Å². The smallest absolute Gasteiger partial charge is 0.169 e. The van der Waals surface area contributed by atoms with Gasteiger partial charge in [0, 0.05) is 18.0 Å². The molecule has 1 aromatic rings. The maximum absolute atomic E-state index is 11.4. The Morgan fingerprint density at radius 1 is 1.28 bits per heavy atom. The van der Waals surface area contributed by atoms with Gasteiger partial charge in [-0.25, -0.2) is 0 Å². The summed E-state index contributed by atoms with van der Waals surface area (Å²) in [6, 6.07) is 7.52. The summed E-state index contributed by atoms with van der Waals surface area (Å²) in [5.74, 6) is 0.837. The van der Waals surface area contributed by atoms with Crippen LogP contribution in [0.3, 0.4) is 0 Å². The van der Waals surface area contributed by atoms with Gasteiger partial charge in [0.1, 0.15) is 11.9 Å². The molecule has 0 aromatic heterocycles. The number of hydrogen-bond donors (Lipinski definition) is 0. The van der Waals surface area contributed by atoms with E-state index in [4.69, 9.17) is 14.2 Å². The lowest BCUT2D eigenvalue weighted by atomic mass is 9.90. The molecule has 2 rings (SSSR count). The molecule has 0 heterocycles. The summed E-state index contributed by atoms with van der Waals surface area (Å²) in [4.78, 5) is 11.4. The van der Waals surface area contributed by atoms with Crippen LogP contribution in [0, 0.1) is 0 Å². The minimum atomic E-state index is -0.455. The van der Waals surface area contributed by atoms with Crippen molar-refractivity contribution < 1.29 is 19.0 Å². The summed E-state index contributed by atoms with van der Waals surface area (Å²) < 4.78 is 17.0. The second-order valence-corrected chi connectivity index (χ2v) is 4.98. The number of carbonyl (C=O) groups is 1. The summed E-state index contributed by atoms with van der Waals surface area (Å²) in [5, 5.41) is 0. The Hall–Kier alpha value is -0.910. The van der Waals surface area contributed by atoms with Gasteiger partial charge in [-0.2, -0.15) is 0 Å². The van der Waals surface area contributed by atoms with Crippen molar-refractivity contribution in [1.82, 2.24) is 0 Å². The van der Waals surface area contributed by atoms with E-state index in [1.807, 2.05) is 24.3 Å². The van der Waals surface area contributed by atoms with Crippen LogP contribution in [0.2, 0.25) is 0 Å². The maximum atomic E-state index is 11.4. The SMILES string of the molecule is COCCOC1C(=O)CC1Oc1ccc(Br)cc1. The molecular weight excluding hydrogens is 300 g/mol. The van der Waals surface area contributed by atoms with E-state index in [2.05, 4.69) is 15.9 Å². The quantitative estimate of drug-likeness (QED) is 0.755. The number of ketones is 1. The van der Waals surface area contributed by atoms with Gasteiger partial charge >= 0.3 is 0 Å². The van der Waals surface area contributed by atoms with E-state index < -0.39 is 6.10 Å². The van der Waals surface area contributed by atoms with Gasteiger partial charge in [0.2, 0.25) is 0 Å². The van der Waals surface area contributed by atoms with Crippen molar-refractivity contribution in [3.05, 3.63) is 28.7 Å². The number of rotatable bonds is 6. The van der Waals surface area contributed by atoms with E-state index in [9.17, 15) is 4.79 Å². The zero-order valence-corrected chi connectivity index (χ0v) is 11.7.